The van der Waals surface area contributed by atoms with Crippen LogP contribution in [0.3, 0.4) is 0 Å². The van der Waals surface area contributed by atoms with Crippen LogP contribution in [0.1, 0.15) is 27.7 Å². The number of nitrogens with two attached hydrogens (primary N) is 1. The van der Waals surface area contributed by atoms with Crippen molar-refractivity contribution >= 4 is 33.4 Å². The number of halogens is 4. The molecule has 2 aromatic rings. The second kappa shape index (κ2) is 9.94. The Morgan fingerprint density at radius 3 is 2.24 bits per heavy atom. The summed E-state index contributed by atoms with van der Waals surface area (Å²) in [6, 6.07) is 7.68. The Morgan fingerprint density at radius 2 is 1.68 bits per heavy atom. The molecule has 2 amide bonds. The average Bonchev–Trinajstić information content (AvgIpc) is 2.81. The number of hydrogen-bond acceptors (Lipinski definition) is 7. The van der Waals surface area contributed by atoms with Crippen molar-refractivity contribution in [2.24, 2.45) is 11.3 Å². The predicted molar refractivity (Wildman–Crippen MR) is 128 cm³/mol. The SMILES string of the molecule is CC(C)(C(=O)NN)C1CN(S(=O)(=O)c2ccc(F)cc2)c2cc(NC(=O)OC(C)(C)C(F)(F)F)ccc2O1. The molecule has 1 aliphatic rings. The van der Waals surface area contributed by atoms with Gasteiger partial charge in [0, 0.05) is 5.69 Å². The van der Waals surface area contributed by atoms with E-state index < -0.39 is 57.7 Å². The molecule has 0 spiro atoms. The van der Waals surface area contributed by atoms with Crippen LogP contribution >= 0.6 is 0 Å². The van der Waals surface area contributed by atoms with Gasteiger partial charge in [0.25, 0.3) is 10.0 Å². The van der Waals surface area contributed by atoms with E-state index in [-0.39, 0.29) is 22.0 Å². The van der Waals surface area contributed by atoms with Crippen molar-refractivity contribution in [3.63, 3.8) is 0 Å². The summed E-state index contributed by atoms with van der Waals surface area (Å²) in [5, 5.41) is 2.14. The molecule has 0 aliphatic carbocycles. The maximum absolute atomic E-state index is 13.6. The molecule has 3 rings (SSSR count). The van der Waals surface area contributed by atoms with Crippen LogP contribution in [0.25, 0.3) is 0 Å². The molecule has 15 heteroatoms. The van der Waals surface area contributed by atoms with E-state index in [1.54, 1.807) is 0 Å². The molecule has 208 valence electrons. The zero-order chi connectivity index (χ0) is 28.7. The number of ether oxygens (including phenoxy) is 2. The highest BCUT2D eigenvalue weighted by molar-refractivity contribution is 7.92. The van der Waals surface area contributed by atoms with Crippen LogP contribution in [-0.2, 0) is 19.6 Å². The van der Waals surface area contributed by atoms with Gasteiger partial charge in [-0.05, 0) is 70.2 Å². The van der Waals surface area contributed by atoms with E-state index in [9.17, 15) is 35.6 Å². The van der Waals surface area contributed by atoms with E-state index in [4.69, 9.17) is 10.6 Å². The first-order valence-corrected chi connectivity index (χ1v) is 12.5. The lowest BCUT2D eigenvalue weighted by atomic mass is 9.84. The lowest BCUT2D eigenvalue weighted by molar-refractivity contribution is -0.242. The number of carbonyl (C=O) groups is 2. The molecule has 38 heavy (non-hydrogen) atoms. The monoisotopic (exact) mass is 562 g/mol. The molecule has 10 nitrogen and oxygen atoms in total. The number of sulfonamides is 1. The maximum Gasteiger partial charge on any atom is 0.427 e. The van der Waals surface area contributed by atoms with Gasteiger partial charge in [-0.25, -0.2) is 23.4 Å². The molecule has 2 aromatic carbocycles. The molecular formula is C23H26F4N4O6S. The first-order valence-electron chi connectivity index (χ1n) is 11.1. The number of benzene rings is 2. The quantitative estimate of drug-likeness (QED) is 0.211. The first-order chi connectivity index (χ1) is 17.4. The third kappa shape index (κ3) is 5.62. The van der Waals surface area contributed by atoms with Crippen LogP contribution in [-0.4, -0.2) is 44.8 Å². The fourth-order valence-electron chi connectivity index (χ4n) is 3.43. The Hall–Kier alpha value is -3.59. The zero-order valence-electron chi connectivity index (χ0n) is 20.7. The van der Waals surface area contributed by atoms with E-state index in [0.717, 1.165) is 34.6 Å². The molecule has 1 aliphatic heterocycles. The molecular weight excluding hydrogens is 536 g/mol. The summed E-state index contributed by atoms with van der Waals surface area (Å²) in [5.41, 5.74) is -2.32. The molecule has 0 saturated heterocycles. The van der Waals surface area contributed by atoms with Crippen LogP contribution in [0.2, 0.25) is 0 Å². The molecule has 0 saturated carbocycles. The molecule has 1 unspecified atom stereocenters. The summed E-state index contributed by atoms with van der Waals surface area (Å²) >= 11 is 0. The van der Waals surface area contributed by atoms with Crippen LogP contribution in [0, 0.1) is 11.2 Å². The number of rotatable bonds is 6. The highest BCUT2D eigenvalue weighted by Gasteiger charge is 2.51. The van der Waals surface area contributed by atoms with Gasteiger partial charge in [0.2, 0.25) is 11.5 Å². The number of fused-ring (bicyclic) bond motifs is 1. The van der Waals surface area contributed by atoms with Gasteiger partial charge in [-0.2, -0.15) is 13.2 Å². The van der Waals surface area contributed by atoms with Crippen LogP contribution < -0.4 is 25.6 Å². The Balaban J connectivity index is 2.03. The van der Waals surface area contributed by atoms with Gasteiger partial charge >= 0.3 is 12.3 Å². The lowest BCUT2D eigenvalue weighted by Gasteiger charge is -2.41. The van der Waals surface area contributed by atoms with Gasteiger partial charge < -0.3 is 9.47 Å². The summed E-state index contributed by atoms with van der Waals surface area (Å²) < 4.78 is 91.2. The van der Waals surface area contributed by atoms with E-state index in [2.05, 4.69) is 10.1 Å². The Morgan fingerprint density at radius 1 is 1.08 bits per heavy atom. The normalized spacial score (nSPS) is 16.2. The van der Waals surface area contributed by atoms with Crippen molar-refractivity contribution in [2.75, 3.05) is 16.2 Å². The minimum absolute atomic E-state index is 0.0145. The van der Waals surface area contributed by atoms with Crippen molar-refractivity contribution in [1.29, 1.82) is 0 Å². The van der Waals surface area contributed by atoms with E-state index in [0.29, 0.717) is 13.8 Å². The second-order valence-electron chi connectivity index (χ2n) is 9.50. The lowest BCUT2D eigenvalue weighted by Crippen LogP contribution is -2.56. The summed E-state index contributed by atoms with van der Waals surface area (Å²) in [6.07, 6.45) is -7.33. The number of alkyl halides is 3. The molecule has 0 fully saturated rings. The minimum atomic E-state index is -4.84. The fourth-order valence-corrected chi connectivity index (χ4v) is 4.90. The number of nitrogens with zero attached hydrogens (tertiary/aromatic N) is 1. The van der Waals surface area contributed by atoms with Crippen LogP contribution in [0.4, 0.5) is 33.7 Å². The van der Waals surface area contributed by atoms with Crippen molar-refractivity contribution in [1.82, 2.24) is 5.43 Å². The topological polar surface area (TPSA) is 140 Å². The predicted octanol–water partition coefficient (Wildman–Crippen LogP) is 3.69. The molecule has 0 radical (unpaired) electrons. The van der Waals surface area contributed by atoms with E-state index in [1.807, 2.05) is 5.43 Å². The number of amides is 2. The van der Waals surface area contributed by atoms with Gasteiger partial charge in [-0.3, -0.25) is 19.8 Å². The zero-order valence-corrected chi connectivity index (χ0v) is 21.5. The minimum Gasteiger partial charge on any atom is -0.485 e. The molecule has 4 N–H and O–H groups in total. The Labute approximate surface area is 216 Å². The first kappa shape index (κ1) is 29.0. The van der Waals surface area contributed by atoms with Crippen LogP contribution in [0.15, 0.2) is 47.4 Å². The molecule has 1 heterocycles. The summed E-state index contributed by atoms with van der Waals surface area (Å²) in [4.78, 5) is 24.3. The summed E-state index contributed by atoms with van der Waals surface area (Å²) in [5.74, 6) is 3.95. The maximum atomic E-state index is 13.6. The van der Waals surface area contributed by atoms with E-state index in [1.165, 1.54) is 26.0 Å². The van der Waals surface area contributed by atoms with Gasteiger partial charge in [0.1, 0.15) is 17.7 Å². The Kier molecular flexibility index (Phi) is 7.58. The number of nitrogens with one attached hydrogen (secondary N) is 2. The number of hydrazine groups is 1. The highest BCUT2D eigenvalue weighted by Crippen LogP contribution is 2.42. The van der Waals surface area contributed by atoms with Crippen molar-refractivity contribution < 1.29 is 45.0 Å². The Bertz CT molecular complexity index is 1330. The number of hydrogen-bond donors (Lipinski definition) is 3. The van der Waals surface area contributed by atoms with Crippen molar-refractivity contribution in [3.8, 4) is 5.75 Å². The van der Waals surface area contributed by atoms with Gasteiger partial charge in [0.05, 0.1) is 22.5 Å². The summed E-state index contributed by atoms with van der Waals surface area (Å²) in [6.45, 7) is 3.92. The van der Waals surface area contributed by atoms with Crippen LogP contribution in [0.5, 0.6) is 5.75 Å². The molecule has 0 aromatic heterocycles. The van der Waals surface area contributed by atoms with Crippen molar-refractivity contribution in [2.45, 2.75) is 50.5 Å². The van der Waals surface area contributed by atoms with Gasteiger partial charge in [-0.1, -0.05) is 0 Å². The molecule has 1 atom stereocenters. The smallest absolute Gasteiger partial charge is 0.427 e. The highest BCUT2D eigenvalue weighted by atomic mass is 32.2. The van der Waals surface area contributed by atoms with Gasteiger partial charge in [0.15, 0.2) is 0 Å². The molecule has 0 bridgehead atoms. The average molecular weight is 563 g/mol. The second-order valence-corrected chi connectivity index (χ2v) is 11.4. The standard InChI is InChI=1S/C23H26F4N4O6S/c1-21(2,19(32)30-28)18-12-31(38(34,35)15-8-5-13(24)6-9-15)16-11-14(7-10-17(16)36-18)29-20(33)37-22(3,4)23(25,26)27/h5-11,18H,12,28H2,1-4H3,(H,29,33)(H,30,32). The van der Waals surface area contributed by atoms with Crippen molar-refractivity contribution in [3.05, 3.63) is 48.3 Å². The largest absolute Gasteiger partial charge is 0.485 e. The summed E-state index contributed by atoms with van der Waals surface area (Å²) in [7, 11) is -4.38. The fraction of sp³-hybridized carbons (Fsp3) is 0.391. The third-order valence-corrected chi connectivity index (χ3v) is 7.82. The van der Waals surface area contributed by atoms with E-state index >= 15 is 0 Å². The van der Waals surface area contributed by atoms with Gasteiger partial charge in [-0.15, -0.1) is 0 Å². The number of anilines is 2. The number of carbonyl (C=O) groups excluding carboxylic acids is 2. The third-order valence-electron chi connectivity index (χ3n) is 6.03.